The normalized spacial score (nSPS) is 13.3. The van der Waals surface area contributed by atoms with E-state index in [0.29, 0.717) is 5.92 Å². The Morgan fingerprint density at radius 1 is 0.517 bits per heavy atom. The first-order valence-electron chi connectivity index (χ1n) is 21.0. The van der Waals surface area contributed by atoms with Crippen LogP contribution in [0.5, 0.6) is 11.5 Å². The molecule has 1 unspecified atom stereocenters. The molecular weight excluding hydrogens is 731 g/mol. The zero-order chi connectivity index (χ0) is 40.2. The fourth-order valence-electron chi connectivity index (χ4n) is 9.33. The summed E-state index contributed by atoms with van der Waals surface area (Å²) in [6.07, 6.45) is 2.02. The number of benzene rings is 9. The van der Waals surface area contributed by atoms with Crippen molar-refractivity contribution in [3.05, 3.63) is 211 Å². The predicted octanol–water partition coefficient (Wildman–Crippen LogP) is 16.4. The van der Waals surface area contributed by atoms with Crippen LogP contribution in [0.4, 0.5) is 17.1 Å². The van der Waals surface area contributed by atoms with Crippen LogP contribution in [0, 0.1) is 6.92 Å². The van der Waals surface area contributed by atoms with Crippen molar-refractivity contribution in [2.24, 2.45) is 0 Å². The van der Waals surface area contributed by atoms with Gasteiger partial charge in [0.15, 0.2) is 0 Å². The summed E-state index contributed by atoms with van der Waals surface area (Å²) < 4.78 is 12.9. The maximum atomic E-state index is 6.71. The maximum Gasteiger partial charge on any atom is 0.135 e. The zero-order valence-electron chi connectivity index (χ0n) is 33.7. The van der Waals surface area contributed by atoms with E-state index >= 15 is 0 Å². The number of rotatable bonds is 8. The molecule has 60 heavy (non-hydrogen) atoms. The van der Waals surface area contributed by atoms with Gasteiger partial charge in [-0.2, -0.15) is 0 Å². The highest BCUT2D eigenvalue weighted by molar-refractivity contribution is 6.06. The lowest BCUT2D eigenvalue weighted by Gasteiger charge is -2.31. The van der Waals surface area contributed by atoms with Crippen LogP contribution in [-0.4, -0.2) is 0 Å². The van der Waals surface area contributed by atoms with Crippen LogP contribution < -0.4 is 9.64 Å². The molecule has 0 saturated carbocycles. The molecule has 10 aromatic rings. The molecular formula is C57H43NO2. The molecule has 1 atom stereocenters. The topological polar surface area (TPSA) is 25.6 Å². The molecule has 0 N–H and O–H groups in total. The van der Waals surface area contributed by atoms with Gasteiger partial charge in [-0.3, -0.25) is 0 Å². The molecule has 0 bridgehead atoms. The van der Waals surface area contributed by atoms with Gasteiger partial charge in [0.25, 0.3) is 0 Å². The van der Waals surface area contributed by atoms with Crippen LogP contribution in [0.2, 0.25) is 0 Å². The van der Waals surface area contributed by atoms with Crippen LogP contribution in [0.15, 0.2) is 199 Å². The van der Waals surface area contributed by atoms with Crippen LogP contribution in [0.1, 0.15) is 36.0 Å². The lowest BCUT2D eigenvalue weighted by Crippen LogP contribution is -2.13. The smallest absolute Gasteiger partial charge is 0.135 e. The molecule has 9 aromatic carbocycles. The van der Waals surface area contributed by atoms with Crippen molar-refractivity contribution in [3.63, 3.8) is 0 Å². The largest absolute Gasteiger partial charge is 0.457 e. The molecule has 288 valence electrons. The molecule has 3 nitrogen and oxygen atoms in total. The molecule has 3 heteroatoms. The molecule has 1 aliphatic rings. The fraction of sp³-hybridized carbons (Fsp3) is 0.0877. The fourth-order valence-corrected chi connectivity index (χ4v) is 9.33. The second-order valence-corrected chi connectivity index (χ2v) is 16.0. The van der Waals surface area contributed by atoms with E-state index < -0.39 is 0 Å². The van der Waals surface area contributed by atoms with E-state index in [2.05, 4.69) is 195 Å². The summed E-state index contributed by atoms with van der Waals surface area (Å²) in [6.45, 7) is 4.40. The first kappa shape index (κ1) is 35.8. The van der Waals surface area contributed by atoms with Crippen LogP contribution >= 0.6 is 0 Å². The summed E-state index contributed by atoms with van der Waals surface area (Å²) >= 11 is 0. The van der Waals surface area contributed by atoms with Gasteiger partial charge in [0.2, 0.25) is 0 Å². The number of para-hydroxylation sites is 3. The zero-order valence-corrected chi connectivity index (χ0v) is 33.7. The Kier molecular flexibility index (Phi) is 8.82. The number of ether oxygens (including phenoxy) is 1. The van der Waals surface area contributed by atoms with E-state index in [0.717, 1.165) is 80.0 Å². The first-order chi connectivity index (χ1) is 29.6. The van der Waals surface area contributed by atoms with Gasteiger partial charge in [0.1, 0.15) is 22.7 Å². The number of fused-ring (bicyclic) bond motifs is 7. The van der Waals surface area contributed by atoms with Gasteiger partial charge in [0, 0.05) is 33.3 Å². The molecule has 0 aliphatic heterocycles. The third kappa shape index (κ3) is 6.22. The van der Waals surface area contributed by atoms with E-state index in [1.165, 1.54) is 44.2 Å². The highest BCUT2D eigenvalue weighted by Gasteiger charge is 2.28. The Labute approximate surface area is 350 Å². The molecule has 1 heterocycles. The summed E-state index contributed by atoms with van der Waals surface area (Å²) in [5.41, 5.74) is 16.1. The average Bonchev–Trinajstić information content (AvgIpc) is 3.68. The van der Waals surface area contributed by atoms with Crippen molar-refractivity contribution >= 4 is 49.8 Å². The van der Waals surface area contributed by atoms with Crippen molar-refractivity contribution in [1.82, 2.24) is 0 Å². The Bertz CT molecular complexity index is 3230. The van der Waals surface area contributed by atoms with Gasteiger partial charge >= 0.3 is 0 Å². The van der Waals surface area contributed by atoms with Gasteiger partial charge in [-0.25, -0.2) is 0 Å². The summed E-state index contributed by atoms with van der Waals surface area (Å²) in [5, 5.41) is 4.69. The number of hydrogen-bond acceptors (Lipinski definition) is 3. The van der Waals surface area contributed by atoms with Crippen LogP contribution in [-0.2, 0) is 6.42 Å². The summed E-state index contributed by atoms with van der Waals surface area (Å²) in [7, 11) is 0. The standard InChI is InChI=1S/C57H43NO2/c1-3-38-33-43-23-24-44(36-50(43)49-18-12-22-56(57(38)49)59-53-20-10-4-13-37(53)2)47-16-7-9-19-52(47)58(46-31-27-39-14-5-6-15-41(39)34-46)45-29-25-40(26-30-45)42-28-32-55-51(35-42)48-17-8-11-21-54(48)60-55/h4-32,34-36,38H,3,33H2,1-2H3. The van der Waals surface area contributed by atoms with Gasteiger partial charge in [-0.1, -0.05) is 134 Å². The minimum atomic E-state index is 0.373. The predicted molar refractivity (Wildman–Crippen MR) is 250 cm³/mol. The Hall–Kier alpha value is -7.36. The number of nitrogens with zero attached hydrogens (tertiary/aromatic N) is 1. The maximum absolute atomic E-state index is 6.71. The summed E-state index contributed by atoms with van der Waals surface area (Å²) in [5.74, 6) is 2.23. The molecule has 0 fully saturated rings. The monoisotopic (exact) mass is 773 g/mol. The number of aryl methyl sites for hydroxylation is 1. The average molecular weight is 774 g/mol. The Morgan fingerprint density at radius 3 is 2.10 bits per heavy atom. The SMILES string of the molecule is CCC1Cc2ccc(-c3ccccc3N(c3ccc(-c4ccc5oc6ccccc6c5c4)cc3)c3ccc4ccccc4c3)cc2-c2cccc(Oc3ccccc3C)c21. The van der Waals surface area contributed by atoms with Gasteiger partial charge < -0.3 is 14.1 Å². The molecule has 1 aliphatic carbocycles. The second kappa shape index (κ2) is 14.8. The second-order valence-electron chi connectivity index (χ2n) is 16.0. The molecule has 1 aromatic heterocycles. The molecule has 0 spiro atoms. The minimum absolute atomic E-state index is 0.373. The highest BCUT2D eigenvalue weighted by atomic mass is 16.5. The quantitative estimate of drug-likeness (QED) is 0.154. The number of furan rings is 1. The van der Waals surface area contributed by atoms with E-state index in [9.17, 15) is 0 Å². The van der Waals surface area contributed by atoms with Crippen molar-refractivity contribution < 1.29 is 9.15 Å². The Balaban J connectivity index is 1.02. The van der Waals surface area contributed by atoms with Crippen LogP contribution in [0.25, 0.3) is 66.1 Å². The van der Waals surface area contributed by atoms with E-state index in [4.69, 9.17) is 9.15 Å². The van der Waals surface area contributed by atoms with Crippen molar-refractivity contribution in [2.45, 2.75) is 32.6 Å². The van der Waals surface area contributed by atoms with Gasteiger partial charge in [-0.05, 0) is 142 Å². The molecule has 0 radical (unpaired) electrons. The molecule has 11 rings (SSSR count). The lowest BCUT2D eigenvalue weighted by molar-refractivity contribution is 0.463. The van der Waals surface area contributed by atoms with E-state index in [1.54, 1.807) is 0 Å². The van der Waals surface area contributed by atoms with Gasteiger partial charge in [0.05, 0.1) is 5.69 Å². The number of hydrogen-bond donors (Lipinski definition) is 0. The van der Waals surface area contributed by atoms with Crippen molar-refractivity contribution in [2.75, 3.05) is 4.90 Å². The molecule has 0 amide bonds. The first-order valence-corrected chi connectivity index (χ1v) is 21.0. The Morgan fingerprint density at radius 2 is 1.22 bits per heavy atom. The van der Waals surface area contributed by atoms with E-state index in [1.807, 2.05) is 18.2 Å². The number of anilines is 3. The van der Waals surface area contributed by atoms with Crippen LogP contribution in [0.3, 0.4) is 0 Å². The highest BCUT2D eigenvalue weighted by Crippen LogP contribution is 2.49. The molecule has 0 saturated heterocycles. The van der Waals surface area contributed by atoms with Gasteiger partial charge in [-0.15, -0.1) is 0 Å². The third-order valence-corrected chi connectivity index (χ3v) is 12.4. The van der Waals surface area contributed by atoms with E-state index in [-0.39, 0.29) is 0 Å². The summed E-state index contributed by atoms with van der Waals surface area (Å²) in [4.78, 5) is 2.41. The van der Waals surface area contributed by atoms with Crippen molar-refractivity contribution in [1.29, 1.82) is 0 Å². The third-order valence-electron chi connectivity index (χ3n) is 12.4. The van der Waals surface area contributed by atoms with Crippen molar-refractivity contribution in [3.8, 4) is 44.9 Å². The lowest BCUT2D eigenvalue weighted by atomic mass is 9.76. The minimum Gasteiger partial charge on any atom is -0.457 e. The summed E-state index contributed by atoms with van der Waals surface area (Å²) in [6, 6.07) is 69.9.